The number of ether oxygens (including phenoxy) is 1. The number of nitrogens with one attached hydrogen (secondary N) is 1. The molecule has 0 radical (unpaired) electrons. The molecule has 1 atom stereocenters. The number of piperidine rings is 1. The maximum absolute atomic E-state index is 12.5. The van der Waals surface area contributed by atoms with Crippen molar-refractivity contribution < 1.29 is 18.3 Å². The molecule has 2 rings (SSSR count). The van der Waals surface area contributed by atoms with Gasteiger partial charge in [0.15, 0.2) is 0 Å². The minimum atomic E-state index is -2.93. The number of amides is 1. The van der Waals surface area contributed by atoms with Crippen molar-refractivity contribution in [3.8, 4) is 5.75 Å². The molecule has 1 saturated heterocycles. The fraction of sp³-hybridized carbons (Fsp3) is 0.533. The first-order valence-electron chi connectivity index (χ1n) is 7.09. The predicted octanol–water partition coefficient (Wildman–Crippen LogP) is 2.78. The number of carbonyl (C=O) groups is 1. The van der Waals surface area contributed by atoms with Gasteiger partial charge < -0.3 is 15.0 Å². The average Bonchev–Trinajstić information content (AvgIpc) is 2.47. The van der Waals surface area contributed by atoms with Gasteiger partial charge >= 0.3 is 6.61 Å². The van der Waals surface area contributed by atoms with Crippen molar-refractivity contribution in [1.82, 2.24) is 10.2 Å². The van der Waals surface area contributed by atoms with Gasteiger partial charge in [-0.25, -0.2) is 0 Å². The van der Waals surface area contributed by atoms with E-state index >= 15 is 0 Å². The summed E-state index contributed by atoms with van der Waals surface area (Å²) in [6.07, 6.45) is 2.00. The van der Waals surface area contributed by atoms with Crippen LogP contribution in [0.4, 0.5) is 8.78 Å². The highest BCUT2D eigenvalue weighted by Crippen LogP contribution is 2.24. The van der Waals surface area contributed by atoms with E-state index in [1.807, 2.05) is 7.05 Å². The van der Waals surface area contributed by atoms with E-state index in [0.717, 1.165) is 19.4 Å². The van der Waals surface area contributed by atoms with Gasteiger partial charge in [-0.2, -0.15) is 8.78 Å². The number of alkyl halides is 2. The molecule has 0 bridgehead atoms. The zero-order valence-electron chi connectivity index (χ0n) is 12.4. The van der Waals surface area contributed by atoms with Crippen molar-refractivity contribution >= 4 is 18.3 Å². The van der Waals surface area contributed by atoms with Gasteiger partial charge in [0.1, 0.15) is 5.75 Å². The summed E-state index contributed by atoms with van der Waals surface area (Å²) in [4.78, 5) is 14.3. The average molecular weight is 335 g/mol. The first kappa shape index (κ1) is 18.6. The SMILES string of the molecule is CNCC1CCCN(C(=O)c2ccccc2OC(F)F)C1.Cl. The second kappa shape index (κ2) is 8.90. The molecule has 0 aliphatic carbocycles. The molecule has 1 amide bonds. The summed E-state index contributed by atoms with van der Waals surface area (Å²) in [6.45, 7) is -0.790. The van der Waals surface area contributed by atoms with E-state index in [4.69, 9.17) is 0 Å². The highest BCUT2D eigenvalue weighted by atomic mass is 35.5. The topological polar surface area (TPSA) is 41.6 Å². The molecule has 0 saturated carbocycles. The Morgan fingerprint density at radius 1 is 1.45 bits per heavy atom. The molecule has 0 aromatic heterocycles. The Balaban J connectivity index is 0.00000242. The zero-order valence-corrected chi connectivity index (χ0v) is 13.2. The second-order valence-electron chi connectivity index (χ2n) is 5.19. The van der Waals surface area contributed by atoms with Gasteiger partial charge in [0.25, 0.3) is 5.91 Å². The molecule has 1 unspecified atom stereocenters. The maximum Gasteiger partial charge on any atom is 0.387 e. The lowest BCUT2D eigenvalue weighted by atomic mass is 9.97. The Kier molecular flexibility index (Phi) is 7.55. The number of hydrogen-bond acceptors (Lipinski definition) is 3. The van der Waals surface area contributed by atoms with Crippen LogP contribution in [0.15, 0.2) is 24.3 Å². The van der Waals surface area contributed by atoms with Gasteiger partial charge in [-0.3, -0.25) is 4.79 Å². The van der Waals surface area contributed by atoms with Crippen molar-refractivity contribution in [2.24, 2.45) is 5.92 Å². The number of hydrogen-bond donors (Lipinski definition) is 1. The smallest absolute Gasteiger partial charge is 0.387 e. The molecule has 1 N–H and O–H groups in total. The molecule has 1 aliphatic heterocycles. The molecule has 124 valence electrons. The third-order valence-electron chi connectivity index (χ3n) is 3.63. The quantitative estimate of drug-likeness (QED) is 0.900. The van der Waals surface area contributed by atoms with Crippen LogP contribution in [0, 0.1) is 5.92 Å². The standard InChI is InChI=1S/C15H20F2N2O2.ClH/c1-18-9-11-5-4-8-19(10-11)14(20)12-6-2-3-7-13(12)21-15(16)17;/h2-3,6-7,11,15,18H,4-5,8-10H2,1H3;1H. The molecule has 1 heterocycles. The van der Waals surface area contributed by atoms with Crippen LogP contribution in [0.2, 0.25) is 0 Å². The molecule has 1 aromatic rings. The Bertz CT molecular complexity index is 486. The Labute approximate surface area is 135 Å². The minimum absolute atomic E-state index is 0. The summed E-state index contributed by atoms with van der Waals surface area (Å²) in [5.41, 5.74) is 0.197. The maximum atomic E-state index is 12.5. The van der Waals surface area contributed by atoms with Crippen LogP contribution < -0.4 is 10.1 Å². The number of halogens is 3. The van der Waals surface area contributed by atoms with E-state index in [9.17, 15) is 13.6 Å². The van der Waals surface area contributed by atoms with Crippen LogP contribution in [0.25, 0.3) is 0 Å². The predicted molar refractivity (Wildman–Crippen MR) is 82.9 cm³/mol. The number of para-hydroxylation sites is 1. The van der Waals surface area contributed by atoms with Crippen molar-refractivity contribution in [2.75, 3.05) is 26.7 Å². The summed E-state index contributed by atoms with van der Waals surface area (Å²) in [5.74, 6) is 0.0937. The van der Waals surface area contributed by atoms with Crippen molar-refractivity contribution in [3.05, 3.63) is 29.8 Å². The van der Waals surface area contributed by atoms with Crippen LogP contribution in [-0.2, 0) is 0 Å². The fourth-order valence-corrected chi connectivity index (χ4v) is 2.72. The van der Waals surface area contributed by atoms with Crippen LogP contribution >= 0.6 is 12.4 Å². The highest BCUT2D eigenvalue weighted by molar-refractivity contribution is 5.97. The third-order valence-corrected chi connectivity index (χ3v) is 3.63. The molecular formula is C15H21ClF2N2O2. The summed E-state index contributed by atoms with van der Waals surface area (Å²) in [6, 6.07) is 6.16. The minimum Gasteiger partial charge on any atom is -0.434 e. The first-order chi connectivity index (χ1) is 10.1. The lowest BCUT2D eigenvalue weighted by molar-refractivity contribution is -0.0503. The van der Waals surface area contributed by atoms with E-state index in [1.54, 1.807) is 17.0 Å². The Morgan fingerprint density at radius 3 is 2.86 bits per heavy atom. The van der Waals surface area contributed by atoms with Crippen LogP contribution in [0.5, 0.6) is 5.75 Å². The lowest BCUT2D eigenvalue weighted by Crippen LogP contribution is -2.42. The highest BCUT2D eigenvalue weighted by Gasteiger charge is 2.26. The van der Waals surface area contributed by atoms with Gasteiger partial charge in [0.05, 0.1) is 5.56 Å². The van der Waals surface area contributed by atoms with Crippen molar-refractivity contribution in [3.63, 3.8) is 0 Å². The molecular weight excluding hydrogens is 314 g/mol. The normalized spacial score (nSPS) is 18.0. The monoisotopic (exact) mass is 334 g/mol. The zero-order chi connectivity index (χ0) is 15.2. The number of rotatable bonds is 5. The van der Waals surface area contributed by atoms with Crippen LogP contribution in [0.1, 0.15) is 23.2 Å². The summed E-state index contributed by atoms with van der Waals surface area (Å²) < 4.78 is 29.3. The second-order valence-corrected chi connectivity index (χ2v) is 5.19. The third kappa shape index (κ3) is 4.81. The summed E-state index contributed by atoms with van der Waals surface area (Å²) in [7, 11) is 1.88. The molecule has 0 spiro atoms. The largest absolute Gasteiger partial charge is 0.434 e. The van der Waals surface area contributed by atoms with Gasteiger partial charge in [-0.05, 0) is 44.5 Å². The fourth-order valence-electron chi connectivity index (χ4n) is 2.72. The van der Waals surface area contributed by atoms with E-state index in [2.05, 4.69) is 10.1 Å². The van der Waals surface area contributed by atoms with E-state index in [0.29, 0.717) is 19.0 Å². The van der Waals surface area contributed by atoms with Crippen LogP contribution in [-0.4, -0.2) is 44.1 Å². The number of nitrogens with zero attached hydrogens (tertiary/aromatic N) is 1. The number of benzene rings is 1. The molecule has 4 nitrogen and oxygen atoms in total. The molecule has 1 fully saturated rings. The van der Waals surface area contributed by atoms with Crippen molar-refractivity contribution in [2.45, 2.75) is 19.5 Å². The molecule has 1 aliphatic rings. The van der Waals surface area contributed by atoms with E-state index in [-0.39, 0.29) is 29.6 Å². The lowest BCUT2D eigenvalue weighted by Gasteiger charge is -2.33. The van der Waals surface area contributed by atoms with Gasteiger partial charge in [0, 0.05) is 13.1 Å². The van der Waals surface area contributed by atoms with Crippen molar-refractivity contribution in [1.29, 1.82) is 0 Å². The van der Waals surface area contributed by atoms with E-state index < -0.39 is 6.61 Å². The first-order valence-corrected chi connectivity index (χ1v) is 7.09. The van der Waals surface area contributed by atoms with Gasteiger partial charge in [-0.1, -0.05) is 12.1 Å². The number of carbonyl (C=O) groups excluding carboxylic acids is 1. The van der Waals surface area contributed by atoms with Crippen LogP contribution in [0.3, 0.4) is 0 Å². The van der Waals surface area contributed by atoms with E-state index in [1.165, 1.54) is 12.1 Å². The summed E-state index contributed by atoms with van der Waals surface area (Å²) in [5, 5.41) is 3.11. The van der Waals surface area contributed by atoms with Gasteiger partial charge in [0.2, 0.25) is 0 Å². The Hall–Kier alpha value is -1.40. The molecule has 7 heteroatoms. The number of likely N-dealkylation sites (tertiary alicyclic amines) is 1. The summed E-state index contributed by atoms with van der Waals surface area (Å²) >= 11 is 0. The molecule has 1 aromatic carbocycles. The van der Waals surface area contributed by atoms with Gasteiger partial charge in [-0.15, -0.1) is 12.4 Å². The molecule has 22 heavy (non-hydrogen) atoms. The Morgan fingerprint density at radius 2 is 2.18 bits per heavy atom.